The van der Waals surface area contributed by atoms with E-state index in [0.29, 0.717) is 10.3 Å². The van der Waals surface area contributed by atoms with E-state index in [4.69, 9.17) is 23.2 Å². The molecule has 0 saturated carbocycles. The Bertz CT molecular complexity index is 1160. The molecule has 5 rings (SSSR count). The molecule has 1 aliphatic heterocycles. The highest BCUT2D eigenvalue weighted by atomic mass is 35.5. The first kappa shape index (κ1) is 15.6. The normalized spacial score (nSPS) is 17.5. The predicted molar refractivity (Wildman–Crippen MR) is 112 cm³/mol. The minimum atomic E-state index is 0.412. The van der Waals surface area contributed by atoms with Crippen LogP contribution in [0.4, 0.5) is 11.4 Å². The summed E-state index contributed by atoms with van der Waals surface area (Å²) in [6.07, 6.45) is 0. The van der Waals surface area contributed by atoms with Crippen molar-refractivity contribution in [3.63, 3.8) is 0 Å². The van der Waals surface area contributed by atoms with Crippen molar-refractivity contribution in [1.82, 2.24) is 0 Å². The van der Waals surface area contributed by atoms with Gasteiger partial charge in [0, 0.05) is 11.1 Å². The molecule has 2 nitrogen and oxygen atoms in total. The van der Waals surface area contributed by atoms with Crippen LogP contribution < -0.4 is 0 Å². The van der Waals surface area contributed by atoms with E-state index < -0.39 is 0 Å². The molecule has 0 unspecified atom stereocenters. The fourth-order valence-electron chi connectivity index (χ4n) is 3.30. The van der Waals surface area contributed by atoms with Gasteiger partial charge in [-0.3, -0.25) is 0 Å². The molecule has 0 aromatic heterocycles. The van der Waals surface area contributed by atoms with E-state index in [1.165, 1.54) is 0 Å². The molecule has 4 aromatic rings. The second-order valence-corrected chi connectivity index (χ2v) is 6.95. The average molecular weight is 375 g/mol. The number of rotatable bonds is 0. The molecule has 0 fully saturated rings. The lowest BCUT2D eigenvalue weighted by Gasteiger charge is -2.13. The van der Waals surface area contributed by atoms with Crippen LogP contribution in [0.15, 0.2) is 82.8 Å². The number of fused-ring (bicyclic) bond motifs is 4. The first-order valence-electron chi connectivity index (χ1n) is 8.24. The summed E-state index contributed by atoms with van der Waals surface area (Å²) in [5, 5.41) is 5.17. The largest absolute Gasteiger partial charge is 0.235 e. The Balaban J connectivity index is 1.82. The van der Waals surface area contributed by atoms with Crippen molar-refractivity contribution < 1.29 is 0 Å². The van der Waals surface area contributed by atoms with Gasteiger partial charge in [-0.05, 0) is 45.8 Å². The molecule has 0 atom stereocenters. The van der Waals surface area contributed by atoms with E-state index in [2.05, 4.69) is 9.98 Å². The van der Waals surface area contributed by atoms with E-state index in [1.807, 2.05) is 72.8 Å². The highest BCUT2D eigenvalue weighted by Gasteiger charge is 2.17. The van der Waals surface area contributed by atoms with E-state index in [0.717, 1.165) is 44.0 Å². The third-order valence-electron chi connectivity index (χ3n) is 4.61. The van der Waals surface area contributed by atoms with E-state index in [1.54, 1.807) is 0 Å². The Labute approximate surface area is 160 Å². The van der Waals surface area contributed by atoms with Gasteiger partial charge in [0.15, 0.2) is 0 Å². The zero-order valence-electron chi connectivity index (χ0n) is 13.6. The molecular formula is C22H12Cl2N2. The van der Waals surface area contributed by atoms with E-state index in [9.17, 15) is 0 Å². The summed E-state index contributed by atoms with van der Waals surface area (Å²) >= 11 is 13.2. The average Bonchev–Trinajstić information content (AvgIpc) is 2.66. The maximum Gasteiger partial charge on any atom is 0.139 e. The van der Waals surface area contributed by atoms with Crippen molar-refractivity contribution in [3.05, 3.63) is 83.9 Å². The van der Waals surface area contributed by atoms with Crippen LogP contribution in [0.2, 0.25) is 0 Å². The second kappa shape index (κ2) is 5.94. The second-order valence-electron chi connectivity index (χ2n) is 6.24. The Morgan fingerprint density at radius 2 is 0.846 bits per heavy atom. The molecule has 0 saturated heterocycles. The summed E-state index contributed by atoms with van der Waals surface area (Å²) in [7, 11) is 0. The summed E-state index contributed by atoms with van der Waals surface area (Å²) in [6, 6.07) is 24.2. The summed E-state index contributed by atoms with van der Waals surface area (Å²) in [6.45, 7) is 0. The number of nitrogens with zero attached hydrogens (tertiary/aromatic N) is 2. The number of aliphatic imine (C=N–C) groups is 2. The minimum absolute atomic E-state index is 0.412. The molecule has 1 heterocycles. The Morgan fingerprint density at radius 1 is 0.500 bits per heavy atom. The molecule has 124 valence electrons. The molecular weight excluding hydrogens is 363 g/mol. The molecule has 0 bridgehead atoms. The van der Waals surface area contributed by atoms with Gasteiger partial charge in [0.2, 0.25) is 0 Å². The Morgan fingerprint density at radius 3 is 1.23 bits per heavy atom. The SMILES string of the molecule is Cl/C1=N/c2cc3ccccc3cc2/C(Cl)=N\c2cc3ccccc3cc21. The topological polar surface area (TPSA) is 24.7 Å². The number of halogens is 2. The Kier molecular flexibility index (Phi) is 3.56. The van der Waals surface area contributed by atoms with Crippen molar-refractivity contribution in [2.75, 3.05) is 0 Å². The number of benzene rings is 4. The zero-order valence-corrected chi connectivity index (χ0v) is 15.1. The molecule has 4 heteroatoms. The van der Waals surface area contributed by atoms with Crippen LogP contribution in [-0.2, 0) is 0 Å². The van der Waals surface area contributed by atoms with Gasteiger partial charge >= 0.3 is 0 Å². The van der Waals surface area contributed by atoms with Crippen LogP contribution in [0.5, 0.6) is 0 Å². The van der Waals surface area contributed by atoms with Crippen LogP contribution in [0, 0.1) is 0 Å². The molecule has 1 aliphatic rings. The highest BCUT2D eigenvalue weighted by molar-refractivity contribution is 6.72. The quantitative estimate of drug-likeness (QED) is 0.318. The van der Waals surface area contributed by atoms with Crippen molar-refractivity contribution in [3.8, 4) is 0 Å². The van der Waals surface area contributed by atoms with Crippen LogP contribution in [0.1, 0.15) is 11.1 Å². The van der Waals surface area contributed by atoms with E-state index >= 15 is 0 Å². The van der Waals surface area contributed by atoms with Gasteiger partial charge in [0.1, 0.15) is 10.3 Å². The maximum atomic E-state index is 6.59. The van der Waals surface area contributed by atoms with Crippen molar-refractivity contribution in [2.24, 2.45) is 9.98 Å². The van der Waals surface area contributed by atoms with Crippen LogP contribution in [0.3, 0.4) is 0 Å². The van der Waals surface area contributed by atoms with Gasteiger partial charge in [0.25, 0.3) is 0 Å². The lowest BCUT2D eigenvalue weighted by atomic mass is 10.0. The van der Waals surface area contributed by atoms with Crippen LogP contribution in [0.25, 0.3) is 21.5 Å². The standard InChI is InChI=1S/C22H12Cl2N2/c23-21-17-9-13-5-1-3-7-15(13)11-19(17)25-22(24)18-10-14-6-2-4-8-16(14)12-20(18)26-21/h1-12H/b21-17?,22-18?,25-19?,25-22+,26-20?,26-21+. The third-order valence-corrected chi connectivity index (χ3v) is 5.19. The van der Waals surface area contributed by atoms with Crippen molar-refractivity contribution in [2.45, 2.75) is 0 Å². The summed E-state index contributed by atoms with van der Waals surface area (Å²) in [5.41, 5.74) is 3.01. The molecule has 4 aromatic carbocycles. The molecule has 0 radical (unpaired) electrons. The molecule has 0 aliphatic carbocycles. The fourth-order valence-corrected chi connectivity index (χ4v) is 3.79. The van der Waals surface area contributed by atoms with Gasteiger partial charge in [-0.25, -0.2) is 9.98 Å². The van der Waals surface area contributed by atoms with E-state index in [-0.39, 0.29) is 0 Å². The number of hydrogen-bond acceptors (Lipinski definition) is 2. The third kappa shape index (κ3) is 2.50. The van der Waals surface area contributed by atoms with Crippen LogP contribution >= 0.6 is 23.2 Å². The Hall–Kier alpha value is -2.68. The first-order chi connectivity index (χ1) is 12.7. The molecule has 0 amide bonds. The lowest BCUT2D eigenvalue weighted by Crippen LogP contribution is -2.00. The van der Waals surface area contributed by atoms with Gasteiger partial charge in [-0.2, -0.15) is 0 Å². The first-order valence-corrected chi connectivity index (χ1v) is 8.99. The summed E-state index contributed by atoms with van der Waals surface area (Å²) in [5.74, 6) is 0. The predicted octanol–water partition coefficient (Wildman–Crippen LogP) is 6.94. The molecule has 26 heavy (non-hydrogen) atoms. The lowest BCUT2D eigenvalue weighted by molar-refractivity contribution is 1.46. The van der Waals surface area contributed by atoms with Gasteiger partial charge in [0.05, 0.1) is 11.4 Å². The van der Waals surface area contributed by atoms with Crippen molar-refractivity contribution >= 4 is 66.5 Å². The number of hydrogen-bond donors (Lipinski definition) is 0. The van der Waals surface area contributed by atoms with Gasteiger partial charge in [-0.15, -0.1) is 0 Å². The smallest absolute Gasteiger partial charge is 0.139 e. The highest BCUT2D eigenvalue weighted by Crippen LogP contribution is 2.36. The van der Waals surface area contributed by atoms with Gasteiger partial charge < -0.3 is 0 Å². The fraction of sp³-hybridized carbons (Fsp3) is 0. The summed E-state index contributed by atoms with van der Waals surface area (Å²) in [4.78, 5) is 9.33. The molecule has 0 spiro atoms. The van der Waals surface area contributed by atoms with Crippen LogP contribution in [-0.4, -0.2) is 10.3 Å². The maximum absolute atomic E-state index is 6.59. The minimum Gasteiger partial charge on any atom is -0.235 e. The monoisotopic (exact) mass is 374 g/mol. The van der Waals surface area contributed by atoms with Crippen molar-refractivity contribution in [1.29, 1.82) is 0 Å². The van der Waals surface area contributed by atoms with Gasteiger partial charge in [-0.1, -0.05) is 71.7 Å². The molecule has 0 N–H and O–H groups in total. The zero-order chi connectivity index (χ0) is 17.7. The summed E-state index contributed by atoms with van der Waals surface area (Å²) < 4.78 is 0.